The molecule has 0 radical (unpaired) electrons. The molecule has 1 aliphatic carbocycles. The minimum absolute atomic E-state index is 0.125. The van der Waals surface area contributed by atoms with E-state index < -0.39 is 0 Å². The van der Waals surface area contributed by atoms with Gasteiger partial charge in [0.2, 0.25) is 5.91 Å². The third-order valence-electron chi connectivity index (χ3n) is 5.98. The fourth-order valence-corrected chi connectivity index (χ4v) is 4.80. The Morgan fingerprint density at radius 3 is 2.47 bits per heavy atom. The predicted octanol–water partition coefficient (Wildman–Crippen LogP) is 6.10. The zero-order chi connectivity index (χ0) is 24.6. The van der Waals surface area contributed by atoms with Crippen molar-refractivity contribution < 1.29 is 14.1 Å². The van der Waals surface area contributed by atoms with Crippen molar-refractivity contribution in [2.24, 2.45) is 0 Å². The number of anilines is 2. The quantitative estimate of drug-likeness (QED) is 0.294. The number of rotatable bonds is 6. The molecule has 1 saturated carbocycles. The number of benzene rings is 2. The van der Waals surface area contributed by atoms with Crippen molar-refractivity contribution in [3.05, 3.63) is 77.3 Å². The van der Waals surface area contributed by atoms with E-state index in [2.05, 4.69) is 25.8 Å². The molecule has 0 spiro atoms. The van der Waals surface area contributed by atoms with Gasteiger partial charge in [0.1, 0.15) is 5.69 Å². The molecule has 3 heterocycles. The third kappa shape index (κ3) is 4.36. The van der Waals surface area contributed by atoms with E-state index in [9.17, 15) is 9.59 Å². The summed E-state index contributed by atoms with van der Waals surface area (Å²) in [6.07, 6.45) is 2.10. The van der Waals surface area contributed by atoms with E-state index in [-0.39, 0.29) is 11.8 Å². The fourth-order valence-electron chi connectivity index (χ4n) is 4.09. The molecule has 178 valence electrons. The summed E-state index contributed by atoms with van der Waals surface area (Å²) in [7, 11) is 0. The van der Waals surface area contributed by atoms with Gasteiger partial charge in [-0.1, -0.05) is 47.6 Å². The van der Waals surface area contributed by atoms with Gasteiger partial charge in [-0.2, -0.15) is 0 Å². The molecular formula is C27H21N5O3S. The molecule has 1 fully saturated rings. The first-order valence-corrected chi connectivity index (χ1v) is 12.4. The molecule has 0 atom stereocenters. The van der Waals surface area contributed by atoms with E-state index in [0.29, 0.717) is 39.1 Å². The van der Waals surface area contributed by atoms with Gasteiger partial charge in [0.25, 0.3) is 11.6 Å². The lowest BCUT2D eigenvalue weighted by Crippen LogP contribution is -2.13. The first kappa shape index (κ1) is 22.1. The van der Waals surface area contributed by atoms with Crippen LogP contribution in [-0.2, 0) is 4.79 Å². The Labute approximate surface area is 210 Å². The first-order valence-electron chi connectivity index (χ1n) is 11.6. The maximum absolute atomic E-state index is 13.5. The molecule has 9 heteroatoms. The van der Waals surface area contributed by atoms with Crippen LogP contribution in [-0.4, -0.2) is 26.9 Å². The van der Waals surface area contributed by atoms with Crippen molar-refractivity contribution in [2.45, 2.75) is 25.7 Å². The normalized spacial score (nSPS) is 13.0. The van der Waals surface area contributed by atoms with E-state index in [1.54, 1.807) is 0 Å². The molecule has 8 nitrogen and oxygen atoms in total. The summed E-state index contributed by atoms with van der Waals surface area (Å²) >= 11 is 1.35. The average molecular weight is 496 g/mol. The third-order valence-corrected chi connectivity index (χ3v) is 6.74. The topological polar surface area (TPSA) is 110 Å². The summed E-state index contributed by atoms with van der Waals surface area (Å²) in [4.78, 5) is 34.0. The number of hydrogen-bond donors (Lipinski definition) is 2. The van der Waals surface area contributed by atoms with Crippen LogP contribution in [0.15, 0.2) is 70.6 Å². The SMILES string of the molecule is CC(=O)Nc1ccc(-c2csc(NC(=O)c3cc(C4CC4)nc4onc(-c5ccccc5)c34)n2)cc1. The van der Waals surface area contributed by atoms with Crippen LogP contribution in [0.2, 0.25) is 0 Å². The second-order valence-corrected chi connectivity index (χ2v) is 9.55. The van der Waals surface area contributed by atoms with E-state index in [4.69, 9.17) is 4.52 Å². The molecule has 6 rings (SSSR count). The Morgan fingerprint density at radius 1 is 0.972 bits per heavy atom. The number of hydrogen-bond acceptors (Lipinski definition) is 7. The van der Waals surface area contributed by atoms with Crippen molar-refractivity contribution in [1.82, 2.24) is 15.1 Å². The standard InChI is InChI=1S/C27H21N5O3S/c1-15(33)28-19-11-9-17(10-12-19)22-14-36-27(30-22)31-25(34)20-13-21(16-7-8-16)29-26-23(20)24(32-35-26)18-5-3-2-4-6-18/h2-6,9-14,16H,7-8H2,1H3,(H,28,33)(H,30,31,34). The Bertz CT molecular complexity index is 1590. The number of amides is 2. The number of thiazole rings is 1. The van der Waals surface area contributed by atoms with Crippen molar-refractivity contribution in [3.8, 4) is 22.5 Å². The summed E-state index contributed by atoms with van der Waals surface area (Å²) in [5.74, 6) is -0.0653. The van der Waals surface area contributed by atoms with Gasteiger partial charge in [-0.25, -0.2) is 9.97 Å². The molecule has 3 aromatic heterocycles. The molecule has 0 aliphatic heterocycles. The average Bonchev–Trinajstić information content (AvgIpc) is 3.49. The summed E-state index contributed by atoms with van der Waals surface area (Å²) in [5.41, 5.74) is 5.46. The van der Waals surface area contributed by atoms with Gasteiger partial charge < -0.3 is 9.84 Å². The van der Waals surface area contributed by atoms with Gasteiger partial charge in [-0.3, -0.25) is 14.9 Å². The number of carbonyl (C=O) groups excluding carboxylic acids is 2. The van der Waals surface area contributed by atoms with Gasteiger partial charge in [0.05, 0.1) is 16.6 Å². The Hall–Kier alpha value is -4.37. The van der Waals surface area contributed by atoms with Gasteiger partial charge in [-0.15, -0.1) is 11.3 Å². The van der Waals surface area contributed by atoms with Crippen molar-refractivity contribution in [2.75, 3.05) is 10.6 Å². The molecule has 2 N–H and O–H groups in total. The number of fused-ring (bicyclic) bond motifs is 1. The highest BCUT2D eigenvalue weighted by molar-refractivity contribution is 7.14. The lowest BCUT2D eigenvalue weighted by molar-refractivity contribution is -0.114. The van der Waals surface area contributed by atoms with Gasteiger partial charge >= 0.3 is 0 Å². The summed E-state index contributed by atoms with van der Waals surface area (Å²) in [6.45, 7) is 1.47. The van der Waals surface area contributed by atoms with E-state index in [1.165, 1.54) is 18.3 Å². The number of nitrogens with one attached hydrogen (secondary N) is 2. The number of carbonyl (C=O) groups is 2. The molecular weight excluding hydrogens is 474 g/mol. The van der Waals surface area contributed by atoms with E-state index in [1.807, 2.05) is 66.0 Å². The molecule has 0 saturated heterocycles. The van der Waals surface area contributed by atoms with Crippen LogP contribution in [0.4, 0.5) is 10.8 Å². The lowest BCUT2D eigenvalue weighted by Gasteiger charge is -2.07. The highest BCUT2D eigenvalue weighted by Crippen LogP contribution is 2.41. The van der Waals surface area contributed by atoms with Crippen LogP contribution < -0.4 is 10.6 Å². The van der Waals surface area contributed by atoms with Crippen molar-refractivity contribution in [3.63, 3.8) is 0 Å². The second-order valence-electron chi connectivity index (χ2n) is 8.70. The van der Waals surface area contributed by atoms with Crippen LogP contribution in [0.3, 0.4) is 0 Å². The smallest absolute Gasteiger partial charge is 0.259 e. The fraction of sp³-hybridized carbons (Fsp3) is 0.148. The maximum atomic E-state index is 13.5. The maximum Gasteiger partial charge on any atom is 0.259 e. The number of pyridine rings is 1. The van der Waals surface area contributed by atoms with Crippen LogP contribution in [0.25, 0.3) is 33.6 Å². The summed E-state index contributed by atoms with van der Waals surface area (Å²) < 4.78 is 5.58. The molecule has 1 aliphatic rings. The van der Waals surface area contributed by atoms with Crippen LogP contribution in [0.5, 0.6) is 0 Å². The van der Waals surface area contributed by atoms with Gasteiger partial charge in [0.15, 0.2) is 5.13 Å². The first-order chi connectivity index (χ1) is 17.5. The van der Waals surface area contributed by atoms with Crippen LogP contribution >= 0.6 is 11.3 Å². The monoisotopic (exact) mass is 495 g/mol. The van der Waals surface area contributed by atoms with Crippen LogP contribution in [0, 0.1) is 0 Å². The number of nitrogens with zero attached hydrogens (tertiary/aromatic N) is 3. The number of aromatic nitrogens is 3. The molecule has 2 aromatic carbocycles. The van der Waals surface area contributed by atoms with Crippen molar-refractivity contribution in [1.29, 1.82) is 0 Å². The zero-order valence-corrected chi connectivity index (χ0v) is 20.1. The highest BCUT2D eigenvalue weighted by Gasteiger charge is 2.29. The van der Waals surface area contributed by atoms with Gasteiger partial charge in [-0.05, 0) is 31.0 Å². The predicted molar refractivity (Wildman–Crippen MR) is 139 cm³/mol. The lowest BCUT2D eigenvalue weighted by atomic mass is 10.0. The Morgan fingerprint density at radius 2 is 1.75 bits per heavy atom. The molecule has 5 aromatic rings. The minimum atomic E-state index is -0.286. The zero-order valence-electron chi connectivity index (χ0n) is 19.3. The largest absolute Gasteiger partial charge is 0.335 e. The molecule has 0 unspecified atom stereocenters. The minimum Gasteiger partial charge on any atom is -0.335 e. The Balaban J connectivity index is 1.31. The van der Waals surface area contributed by atoms with E-state index >= 15 is 0 Å². The van der Waals surface area contributed by atoms with Crippen molar-refractivity contribution >= 4 is 45.1 Å². The summed E-state index contributed by atoms with van der Waals surface area (Å²) in [6, 6.07) is 18.9. The molecule has 36 heavy (non-hydrogen) atoms. The van der Waals surface area contributed by atoms with Gasteiger partial charge in [0, 0.05) is 40.7 Å². The Kier molecular flexibility index (Phi) is 5.54. The van der Waals surface area contributed by atoms with E-state index in [0.717, 1.165) is 35.4 Å². The molecule has 0 bridgehead atoms. The second kappa shape index (κ2) is 9.01. The summed E-state index contributed by atoms with van der Waals surface area (Å²) in [5, 5.41) is 12.9. The highest BCUT2D eigenvalue weighted by atomic mass is 32.1. The molecule has 2 amide bonds. The van der Waals surface area contributed by atoms with Crippen LogP contribution in [0.1, 0.15) is 41.7 Å².